The number of benzene rings is 2. The van der Waals surface area contributed by atoms with Crippen molar-refractivity contribution in [3.05, 3.63) is 70.5 Å². The van der Waals surface area contributed by atoms with Crippen LogP contribution in [0.2, 0.25) is 0 Å². The molecule has 1 aliphatic rings. The van der Waals surface area contributed by atoms with Crippen LogP contribution in [0.3, 0.4) is 0 Å². The Morgan fingerprint density at radius 3 is 2.39 bits per heavy atom. The molecule has 0 aliphatic carbocycles. The van der Waals surface area contributed by atoms with Crippen LogP contribution in [-0.4, -0.2) is 54.7 Å². The van der Waals surface area contributed by atoms with Gasteiger partial charge in [-0.15, -0.1) is 11.3 Å². The topological polar surface area (TPSA) is 70.6 Å². The summed E-state index contributed by atoms with van der Waals surface area (Å²) in [5.74, 6) is -0.557. The average Bonchev–Trinajstić information content (AvgIpc) is 3.25. The highest BCUT2D eigenvalue weighted by molar-refractivity contribution is 7.89. The van der Waals surface area contributed by atoms with Crippen molar-refractivity contribution in [2.24, 2.45) is 0 Å². The quantitative estimate of drug-likeness (QED) is 0.596. The van der Waals surface area contributed by atoms with Gasteiger partial charge < -0.3 is 4.90 Å². The van der Waals surface area contributed by atoms with Gasteiger partial charge in [0, 0.05) is 37.1 Å². The summed E-state index contributed by atoms with van der Waals surface area (Å²) in [5, 5.41) is 2.32. The first-order valence-corrected chi connectivity index (χ1v) is 12.2. The molecule has 0 atom stereocenters. The predicted octanol–water partition coefficient (Wildman–Crippen LogP) is 3.71. The van der Waals surface area contributed by atoms with Gasteiger partial charge in [-0.3, -0.25) is 4.79 Å². The molecular weight excluding hydrogens is 437 g/mol. The number of carbonyl (C=O) groups is 1. The number of aromatic nitrogens is 1. The number of piperazine rings is 1. The third-order valence-corrected chi connectivity index (χ3v) is 8.23. The van der Waals surface area contributed by atoms with Crippen LogP contribution in [0.1, 0.15) is 21.6 Å². The smallest absolute Gasteiger partial charge is 0.273 e. The number of sulfonamides is 1. The summed E-state index contributed by atoms with van der Waals surface area (Å²) in [4.78, 5) is 19.2. The van der Waals surface area contributed by atoms with E-state index >= 15 is 0 Å². The summed E-state index contributed by atoms with van der Waals surface area (Å²) in [6.45, 7) is 4.71. The molecule has 1 fully saturated rings. The molecule has 0 spiro atoms. The summed E-state index contributed by atoms with van der Waals surface area (Å²) >= 11 is 1.32. The molecule has 0 radical (unpaired) electrons. The van der Waals surface area contributed by atoms with Crippen molar-refractivity contribution in [1.29, 1.82) is 0 Å². The molecular formula is C22H22FN3O3S2. The molecule has 0 saturated carbocycles. The normalized spacial score (nSPS) is 15.3. The van der Waals surface area contributed by atoms with E-state index in [9.17, 15) is 17.6 Å². The van der Waals surface area contributed by atoms with Crippen LogP contribution in [0.25, 0.3) is 10.6 Å². The largest absolute Gasteiger partial charge is 0.335 e. The van der Waals surface area contributed by atoms with Crippen LogP contribution in [0.5, 0.6) is 0 Å². The zero-order chi connectivity index (χ0) is 22.2. The summed E-state index contributed by atoms with van der Waals surface area (Å²) < 4.78 is 40.7. The van der Waals surface area contributed by atoms with Crippen molar-refractivity contribution in [2.45, 2.75) is 18.7 Å². The highest BCUT2D eigenvalue weighted by Crippen LogP contribution is 2.26. The third-order valence-electron chi connectivity index (χ3n) is 5.30. The van der Waals surface area contributed by atoms with E-state index in [1.165, 1.54) is 27.8 Å². The minimum Gasteiger partial charge on any atom is -0.335 e. The lowest BCUT2D eigenvalue weighted by Crippen LogP contribution is -2.50. The highest BCUT2D eigenvalue weighted by Gasteiger charge is 2.32. The maximum absolute atomic E-state index is 13.1. The van der Waals surface area contributed by atoms with Crippen LogP contribution < -0.4 is 0 Å². The van der Waals surface area contributed by atoms with Crippen molar-refractivity contribution >= 4 is 27.3 Å². The molecule has 1 saturated heterocycles. The number of hydrogen-bond acceptors (Lipinski definition) is 5. The molecule has 1 amide bonds. The molecule has 162 valence electrons. The zero-order valence-corrected chi connectivity index (χ0v) is 18.8. The monoisotopic (exact) mass is 459 g/mol. The fourth-order valence-electron chi connectivity index (χ4n) is 3.51. The van der Waals surface area contributed by atoms with Gasteiger partial charge in [0.1, 0.15) is 16.5 Å². The summed E-state index contributed by atoms with van der Waals surface area (Å²) in [5.41, 5.74) is 2.66. The fraction of sp³-hybridized carbons (Fsp3) is 0.273. The Bertz CT molecular complexity index is 1220. The number of amides is 1. The van der Waals surface area contributed by atoms with Gasteiger partial charge in [-0.1, -0.05) is 12.1 Å². The number of halogens is 1. The van der Waals surface area contributed by atoms with Gasteiger partial charge in [0.25, 0.3) is 5.91 Å². The van der Waals surface area contributed by atoms with Crippen LogP contribution in [0.15, 0.2) is 52.7 Å². The maximum Gasteiger partial charge on any atom is 0.273 e. The van der Waals surface area contributed by atoms with Gasteiger partial charge in [-0.05, 0) is 55.3 Å². The molecule has 9 heteroatoms. The van der Waals surface area contributed by atoms with Crippen molar-refractivity contribution in [3.63, 3.8) is 0 Å². The molecule has 6 nitrogen and oxygen atoms in total. The van der Waals surface area contributed by atoms with Gasteiger partial charge in [-0.2, -0.15) is 4.31 Å². The third kappa shape index (κ3) is 4.39. The molecule has 0 bridgehead atoms. The van der Waals surface area contributed by atoms with E-state index in [-0.39, 0.29) is 24.8 Å². The van der Waals surface area contributed by atoms with E-state index in [0.717, 1.165) is 11.1 Å². The van der Waals surface area contributed by atoms with Crippen LogP contribution in [-0.2, 0) is 10.0 Å². The van der Waals surface area contributed by atoms with Crippen molar-refractivity contribution in [1.82, 2.24) is 14.2 Å². The van der Waals surface area contributed by atoms with Gasteiger partial charge in [-0.25, -0.2) is 17.8 Å². The number of rotatable bonds is 4. The second kappa shape index (κ2) is 8.49. The summed E-state index contributed by atoms with van der Waals surface area (Å²) in [6, 6.07) is 11.3. The van der Waals surface area contributed by atoms with Crippen molar-refractivity contribution < 1.29 is 17.6 Å². The first-order chi connectivity index (χ1) is 14.8. The Labute approximate surface area is 185 Å². The molecule has 3 aromatic rings. The van der Waals surface area contributed by atoms with Gasteiger partial charge in [0.2, 0.25) is 10.0 Å². The number of carbonyl (C=O) groups excluding carboxylic acids is 1. The van der Waals surface area contributed by atoms with E-state index in [1.54, 1.807) is 35.4 Å². The Morgan fingerprint density at radius 2 is 1.71 bits per heavy atom. The predicted molar refractivity (Wildman–Crippen MR) is 118 cm³/mol. The molecule has 2 aromatic carbocycles. The minimum atomic E-state index is -3.61. The number of nitrogens with zero attached hydrogens (tertiary/aromatic N) is 3. The summed E-state index contributed by atoms with van der Waals surface area (Å²) in [7, 11) is -3.61. The van der Waals surface area contributed by atoms with Crippen molar-refractivity contribution in [3.8, 4) is 10.6 Å². The Balaban J connectivity index is 1.45. The Kier molecular flexibility index (Phi) is 5.92. The summed E-state index contributed by atoms with van der Waals surface area (Å²) in [6.07, 6.45) is 0. The fourth-order valence-corrected chi connectivity index (χ4v) is 6.05. The van der Waals surface area contributed by atoms with Gasteiger partial charge in [0.15, 0.2) is 0 Å². The second-order valence-electron chi connectivity index (χ2n) is 7.51. The molecule has 31 heavy (non-hydrogen) atoms. The molecule has 2 heterocycles. The molecule has 4 rings (SSSR count). The Hall–Kier alpha value is -2.62. The zero-order valence-electron chi connectivity index (χ0n) is 17.2. The number of aryl methyl sites for hydroxylation is 2. The molecule has 1 aliphatic heterocycles. The first kappa shape index (κ1) is 21.6. The lowest BCUT2D eigenvalue weighted by molar-refractivity contribution is 0.0693. The van der Waals surface area contributed by atoms with Gasteiger partial charge >= 0.3 is 0 Å². The van der Waals surface area contributed by atoms with Crippen molar-refractivity contribution in [2.75, 3.05) is 26.2 Å². The van der Waals surface area contributed by atoms with Crippen LogP contribution in [0, 0.1) is 19.7 Å². The van der Waals surface area contributed by atoms with E-state index in [1.807, 2.05) is 19.1 Å². The molecule has 1 aromatic heterocycles. The van der Waals surface area contributed by atoms with Gasteiger partial charge in [0.05, 0.1) is 4.90 Å². The highest BCUT2D eigenvalue weighted by atomic mass is 32.2. The Morgan fingerprint density at radius 1 is 1.03 bits per heavy atom. The van der Waals surface area contributed by atoms with Crippen LogP contribution >= 0.6 is 11.3 Å². The maximum atomic E-state index is 13.1. The standard InChI is InChI=1S/C22H22FN3O3S2/c1-15-3-4-16(2)20(13-15)31(28,29)26-11-9-25(10-12-26)22(27)19-14-30-21(24-19)17-5-7-18(23)8-6-17/h3-8,13-14H,9-12H2,1-2H3. The van der Waals surface area contributed by atoms with E-state index in [4.69, 9.17) is 0 Å². The molecule has 0 N–H and O–H groups in total. The van der Waals surface area contributed by atoms with E-state index < -0.39 is 10.0 Å². The lowest BCUT2D eigenvalue weighted by Gasteiger charge is -2.34. The lowest BCUT2D eigenvalue weighted by atomic mass is 10.2. The first-order valence-electron chi connectivity index (χ1n) is 9.84. The van der Waals surface area contributed by atoms with Crippen LogP contribution in [0.4, 0.5) is 4.39 Å². The van der Waals surface area contributed by atoms with E-state index in [2.05, 4.69) is 4.98 Å². The number of thiazole rings is 1. The van der Waals surface area contributed by atoms with E-state index in [0.29, 0.717) is 34.2 Å². The number of hydrogen-bond donors (Lipinski definition) is 0. The SMILES string of the molecule is Cc1ccc(C)c(S(=O)(=O)N2CCN(C(=O)c3csc(-c4ccc(F)cc4)n3)CC2)c1. The molecule has 0 unspecified atom stereocenters. The average molecular weight is 460 g/mol. The minimum absolute atomic E-state index is 0.228. The second-order valence-corrected chi connectivity index (χ2v) is 10.3.